The summed E-state index contributed by atoms with van der Waals surface area (Å²) in [5.74, 6) is 1.41. The number of amides is 1. The summed E-state index contributed by atoms with van der Waals surface area (Å²) in [5, 5.41) is 7.36. The van der Waals surface area contributed by atoms with Gasteiger partial charge in [-0.05, 0) is 66.5 Å². The van der Waals surface area contributed by atoms with Gasteiger partial charge in [-0.2, -0.15) is 11.3 Å². The molecule has 1 N–H and O–H groups in total. The van der Waals surface area contributed by atoms with Crippen molar-refractivity contribution in [2.24, 2.45) is 5.92 Å². The van der Waals surface area contributed by atoms with Gasteiger partial charge in [0.25, 0.3) is 0 Å². The summed E-state index contributed by atoms with van der Waals surface area (Å²) in [4.78, 5) is 14.6. The van der Waals surface area contributed by atoms with Crippen LogP contribution in [-0.2, 0) is 4.79 Å². The molecule has 2 aromatic rings. The molecule has 3 rings (SSSR count). The minimum atomic E-state index is 0.0855. The summed E-state index contributed by atoms with van der Waals surface area (Å²) in [6.45, 7) is 0.643. The molecule has 1 aliphatic rings. The molecule has 128 valence electrons. The number of nitrogens with zero attached hydrogens (tertiary/aromatic N) is 1. The van der Waals surface area contributed by atoms with Crippen LogP contribution in [0.3, 0.4) is 0 Å². The molecule has 0 unspecified atom stereocenters. The molecular formula is C19H24N2O2S. The number of carbonyl (C=O) groups is 1. The van der Waals surface area contributed by atoms with Gasteiger partial charge < -0.3 is 15.0 Å². The molecule has 24 heavy (non-hydrogen) atoms. The molecule has 0 saturated heterocycles. The van der Waals surface area contributed by atoms with Crippen molar-refractivity contribution < 1.29 is 9.53 Å². The number of nitrogens with one attached hydrogen (secondary N) is 1. The van der Waals surface area contributed by atoms with Crippen LogP contribution in [0.4, 0.5) is 0 Å². The number of benzene rings is 1. The van der Waals surface area contributed by atoms with Gasteiger partial charge in [0, 0.05) is 12.5 Å². The van der Waals surface area contributed by atoms with Crippen LogP contribution in [0, 0.1) is 5.92 Å². The number of thiophene rings is 1. The molecule has 0 spiro atoms. The third-order valence-corrected chi connectivity index (χ3v) is 5.37. The van der Waals surface area contributed by atoms with E-state index in [0.29, 0.717) is 12.5 Å². The fourth-order valence-corrected chi connectivity index (χ4v) is 3.82. The van der Waals surface area contributed by atoms with Crippen molar-refractivity contribution in [1.29, 1.82) is 0 Å². The van der Waals surface area contributed by atoms with Crippen molar-refractivity contribution in [3.05, 3.63) is 52.2 Å². The highest BCUT2D eigenvalue weighted by atomic mass is 32.1. The number of carbonyl (C=O) groups excluding carboxylic acids is 1. The Bertz CT molecular complexity index is 684. The Kier molecular flexibility index (Phi) is 5.21. The van der Waals surface area contributed by atoms with Crippen LogP contribution in [0.1, 0.15) is 29.5 Å². The lowest BCUT2D eigenvalue weighted by molar-refractivity contribution is -0.122. The van der Waals surface area contributed by atoms with E-state index in [1.165, 1.54) is 11.1 Å². The average Bonchev–Trinajstić information content (AvgIpc) is 3.22. The molecule has 0 aliphatic heterocycles. The van der Waals surface area contributed by atoms with Crippen molar-refractivity contribution in [3.63, 3.8) is 0 Å². The predicted octanol–water partition coefficient (Wildman–Crippen LogP) is 3.28. The minimum absolute atomic E-state index is 0.0855. The molecule has 4 nitrogen and oxygen atoms in total. The molecule has 1 heterocycles. The van der Waals surface area contributed by atoms with Crippen molar-refractivity contribution >= 4 is 17.2 Å². The van der Waals surface area contributed by atoms with Crippen LogP contribution in [-0.4, -0.2) is 38.6 Å². The fraction of sp³-hybridized carbons (Fsp3) is 0.421. The standard InChI is InChI=1S/C19H24N2O2S/c1-21(2)18(14-7-8-24-12-14)11-20-19(22)17-10-16(17)13-5-4-6-15(9-13)23-3/h4-9,12,16-18H,10-11H2,1-3H3,(H,20,22)/t16-,17+,18-/m0/s1. The summed E-state index contributed by atoms with van der Waals surface area (Å²) < 4.78 is 5.27. The zero-order valence-corrected chi connectivity index (χ0v) is 15.2. The molecule has 1 aliphatic carbocycles. The van der Waals surface area contributed by atoms with Crippen LogP contribution >= 0.6 is 11.3 Å². The maximum absolute atomic E-state index is 12.5. The van der Waals surface area contributed by atoms with Crippen LogP contribution in [0.15, 0.2) is 41.1 Å². The van der Waals surface area contributed by atoms with E-state index in [1.807, 2.05) is 32.3 Å². The molecule has 1 amide bonds. The van der Waals surface area contributed by atoms with Crippen LogP contribution in [0.25, 0.3) is 0 Å². The van der Waals surface area contributed by atoms with Crippen LogP contribution in [0.2, 0.25) is 0 Å². The maximum atomic E-state index is 12.5. The van der Waals surface area contributed by atoms with Crippen molar-refractivity contribution in [2.45, 2.75) is 18.4 Å². The Morgan fingerprint density at radius 2 is 2.25 bits per heavy atom. The summed E-state index contributed by atoms with van der Waals surface area (Å²) >= 11 is 1.69. The third kappa shape index (κ3) is 3.79. The van der Waals surface area contributed by atoms with E-state index >= 15 is 0 Å². The molecule has 1 aromatic carbocycles. The molecule has 0 radical (unpaired) electrons. The number of ether oxygens (including phenoxy) is 1. The molecule has 0 bridgehead atoms. The highest BCUT2D eigenvalue weighted by Gasteiger charge is 2.44. The van der Waals surface area contributed by atoms with E-state index in [0.717, 1.165) is 12.2 Å². The first-order chi connectivity index (χ1) is 11.6. The molecule has 1 fully saturated rings. The van der Waals surface area contributed by atoms with E-state index in [4.69, 9.17) is 4.74 Å². The highest BCUT2D eigenvalue weighted by molar-refractivity contribution is 7.07. The smallest absolute Gasteiger partial charge is 0.223 e. The van der Waals surface area contributed by atoms with Gasteiger partial charge in [-0.1, -0.05) is 12.1 Å². The van der Waals surface area contributed by atoms with Gasteiger partial charge in [0.2, 0.25) is 5.91 Å². The van der Waals surface area contributed by atoms with Crippen molar-refractivity contribution in [2.75, 3.05) is 27.7 Å². The van der Waals surface area contributed by atoms with Gasteiger partial charge in [-0.15, -0.1) is 0 Å². The average molecular weight is 344 g/mol. The predicted molar refractivity (Wildman–Crippen MR) is 97.6 cm³/mol. The van der Waals surface area contributed by atoms with Gasteiger partial charge in [-0.25, -0.2) is 0 Å². The van der Waals surface area contributed by atoms with Crippen molar-refractivity contribution in [3.8, 4) is 5.75 Å². The second-order valence-corrected chi connectivity index (χ2v) is 7.29. The van der Waals surface area contributed by atoms with E-state index in [2.05, 4.69) is 33.1 Å². The SMILES string of the molecule is COc1cccc([C@@H]2C[C@H]2C(=O)NC[C@@H](c2ccsc2)N(C)C)c1. The number of rotatable bonds is 7. The Morgan fingerprint density at radius 1 is 1.42 bits per heavy atom. The van der Waals surface area contributed by atoms with Crippen LogP contribution in [0.5, 0.6) is 5.75 Å². The fourth-order valence-electron chi connectivity index (χ4n) is 3.12. The maximum Gasteiger partial charge on any atom is 0.223 e. The number of likely N-dealkylation sites (N-methyl/N-ethyl adjacent to an activating group) is 1. The van der Waals surface area contributed by atoms with Crippen LogP contribution < -0.4 is 10.1 Å². The van der Waals surface area contributed by atoms with Gasteiger partial charge >= 0.3 is 0 Å². The minimum Gasteiger partial charge on any atom is -0.497 e. The number of hydrogen-bond acceptors (Lipinski definition) is 4. The molecular weight excluding hydrogens is 320 g/mol. The zero-order valence-electron chi connectivity index (χ0n) is 14.4. The molecule has 1 aromatic heterocycles. The Hall–Kier alpha value is -1.85. The number of hydrogen-bond donors (Lipinski definition) is 1. The van der Waals surface area contributed by atoms with Gasteiger partial charge in [0.05, 0.1) is 13.2 Å². The summed E-state index contributed by atoms with van der Waals surface area (Å²) in [5.41, 5.74) is 2.45. The first-order valence-corrected chi connectivity index (χ1v) is 9.14. The number of methoxy groups -OCH3 is 1. The summed E-state index contributed by atoms with van der Waals surface area (Å²) in [6, 6.07) is 10.4. The molecule has 1 saturated carbocycles. The van der Waals surface area contributed by atoms with Crippen molar-refractivity contribution in [1.82, 2.24) is 10.2 Å². The second-order valence-electron chi connectivity index (χ2n) is 6.51. The van der Waals surface area contributed by atoms with E-state index in [9.17, 15) is 4.79 Å². The Labute approximate surface area is 147 Å². The van der Waals surface area contributed by atoms with Gasteiger partial charge in [0.1, 0.15) is 5.75 Å². The normalized spacial score (nSPS) is 20.7. The largest absolute Gasteiger partial charge is 0.497 e. The van der Waals surface area contributed by atoms with E-state index < -0.39 is 0 Å². The monoisotopic (exact) mass is 344 g/mol. The lowest BCUT2D eigenvalue weighted by Crippen LogP contribution is -2.35. The topological polar surface area (TPSA) is 41.6 Å². The summed E-state index contributed by atoms with van der Waals surface area (Å²) in [7, 11) is 5.76. The lowest BCUT2D eigenvalue weighted by Gasteiger charge is -2.24. The van der Waals surface area contributed by atoms with Gasteiger partial charge in [0.15, 0.2) is 0 Å². The quantitative estimate of drug-likeness (QED) is 0.838. The first kappa shape index (κ1) is 17.0. The Morgan fingerprint density at radius 3 is 2.92 bits per heavy atom. The van der Waals surface area contributed by atoms with E-state index in [-0.39, 0.29) is 17.9 Å². The summed E-state index contributed by atoms with van der Waals surface area (Å²) in [6.07, 6.45) is 0.921. The van der Waals surface area contributed by atoms with Gasteiger partial charge in [-0.3, -0.25) is 4.79 Å². The Balaban J connectivity index is 1.56. The zero-order chi connectivity index (χ0) is 17.1. The first-order valence-electron chi connectivity index (χ1n) is 8.20. The second kappa shape index (κ2) is 7.36. The molecule has 3 atom stereocenters. The highest BCUT2D eigenvalue weighted by Crippen LogP contribution is 2.48. The molecule has 5 heteroatoms. The third-order valence-electron chi connectivity index (χ3n) is 4.67. The van der Waals surface area contributed by atoms with E-state index in [1.54, 1.807) is 18.4 Å². The lowest BCUT2D eigenvalue weighted by atomic mass is 10.1.